The van der Waals surface area contributed by atoms with Crippen LogP contribution in [-0.2, 0) is 16.0 Å². The third-order valence-corrected chi connectivity index (χ3v) is 3.23. The number of benzene rings is 1. The van der Waals surface area contributed by atoms with Crippen molar-refractivity contribution in [1.29, 1.82) is 0 Å². The maximum atomic E-state index is 11.1. The van der Waals surface area contributed by atoms with Crippen LogP contribution in [0, 0.1) is 0 Å². The van der Waals surface area contributed by atoms with Crippen molar-refractivity contribution in [2.45, 2.75) is 52.6 Å². The maximum absolute atomic E-state index is 11.1. The van der Waals surface area contributed by atoms with Crippen LogP contribution in [0.2, 0.25) is 0 Å². The van der Waals surface area contributed by atoms with Crippen LogP contribution in [0.1, 0.15) is 46.1 Å². The van der Waals surface area contributed by atoms with E-state index in [0.717, 1.165) is 12.1 Å². The molecule has 0 aliphatic rings. The summed E-state index contributed by atoms with van der Waals surface area (Å²) in [6.45, 7) is 8.19. The maximum Gasteiger partial charge on any atom is 0.303 e. The lowest BCUT2D eigenvalue weighted by Gasteiger charge is -2.31. The van der Waals surface area contributed by atoms with E-state index in [9.17, 15) is 4.79 Å². The van der Waals surface area contributed by atoms with Gasteiger partial charge in [0.25, 0.3) is 0 Å². The van der Waals surface area contributed by atoms with E-state index in [2.05, 4.69) is 36.1 Å². The molecule has 0 spiro atoms. The molecule has 3 heteroatoms. The lowest BCUT2D eigenvalue weighted by Crippen LogP contribution is -2.40. The van der Waals surface area contributed by atoms with E-state index in [1.807, 2.05) is 20.9 Å². The summed E-state index contributed by atoms with van der Waals surface area (Å²) in [6, 6.07) is 8.63. The van der Waals surface area contributed by atoms with Gasteiger partial charge in [0, 0.05) is 19.7 Å². The number of nitrogens with zero attached hydrogens (tertiary/aromatic N) is 1. The van der Waals surface area contributed by atoms with Gasteiger partial charge in [-0.25, -0.2) is 0 Å². The highest BCUT2D eigenvalue weighted by atomic mass is 16.6. The zero-order valence-corrected chi connectivity index (χ0v) is 13.4. The molecular weight excluding hydrogens is 250 g/mol. The van der Waals surface area contributed by atoms with Gasteiger partial charge in [0.2, 0.25) is 0 Å². The van der Waals surface area contributed by atoms with Crippen LogP contribution in [0.15, 0.2) is 24.3 Å². The monoisotopic (exact) mass is 277 g/mol. The number of hydrogen-bond acceptors (Lipinski definition) is 3. The van der Waals surface area contributed by atoms with Crippen molar-refractivity contribution in [1.82, 2.24) is 0 Å². The summed E-state index contributed by atoms with van der Waals surface area (Å²) in [6.07, 6.45) is 3.59. The number of anilines is 1. The van der Waals surface area contributed by atoms with E-state index >= 15 is 0 Å². The van der Waals surface area contributed by atoms with E-state index in [1.165, 1.54) is 25.3 Å². The first-order chi connectivity index (χ1) is 9.34. The smallest absolute Gasteiger partial charge is 0.303 e. The largest absolute Gasteiger partial charge is 0.458 e. The molecule has 0 heterocycles. The Morgan fingerprint density at radius 1 is 1.25 bits per heavy atom. The van der Waals surface area contributed by atoms with Crippen molar-refractivity contribution in [3.05, 3.63) is 29.8 Å². The number of likely N-dealkylation sites (N-methyl/N-ethyl adjacent to an activating group) is 1. The number of carbonyl (C=O) groups excluding carboxylic acids is 1. The second-order valence-electron chi connectivity index (χ2n) is 5.98. The molecule has 1 rings (SSSR count). The minimum Gasteiger partial charge on any atom is -0.458 e. The van der Waals surface area contributed by atoms with Crippen molar-refractivity contribution in [3.8, 4) is 0 Å². The highest BCUT2D eigenvalue weighted by Crippen LogP contribution is 2.19. The predicted octanol–water partition coefficient (Wildman–Crippen LogP) is 3.81. The fourth-order valence-corrected chi connectivity index (χ4v) is 2.38. The van der Waals surface area contributed by atoms with Crippen LogP contribution in [0.3, 0.4) is 0 Å². The Morgan fingerprint density at radius 2 is 1.85 bits per heavy atom. The summed E-state index contributed by atoms with van der Waals surface area (Å²) in [4.78, 5) is 13.2. The third-order valence-electron chi connectivity index (χ3n) is 3.23. The summed E-state index contributed by atoms with van der Waals surface area (Å²) in [5.41, 5.74) is 2.04. The summed E-state index contributed by atoms with van der Waals surface area (Å²) in [7, 11) is 2.02. The standard InChI is InChI=1S/C17H27NO2/c1-6-7-8-15-9-11-16(12-10-15)18(5)13-17(3,4)20-14(2)19/h9-12H,6-8,13H2,1-5H3. The quantitative estimate of drug-likeness (QED) is 0.710. The Bertz CT molecular complexity index is 423. The Morgan fingerprint density at radius 3 is 2.35 bits per heavy atom. The van der Waals surface area contributed by atoms with Gasteiger partial charge in [0.1, 0.15) is 5.60 Å². The SMILES string of the molecule is CCCCc1ccc(N(C)CC(C)(C)OC(C)=O)cc1. The van der Waals surface area contributed by atoms with Crippen molar-refractivity contribution in [2.75, 3.05) is 18.5 Å². The molecule has 0 radical (unpaired) electrons. The molecule has 0 aromatic heterocycles. The molecule has 1 aromatic carbocycles. The van der Waals surface area contributed by atoms with Gasteiger partial charge in [-0.15, -0.1) is 0 Å². The van der Waals surface area contributed by atoms with Gasteiger partial charge >= 0.3 is 5.97 Å². The Labute approximate surface area is 122 Å². The fraction of sp³-hybridized carbons (Fsp3) is 0.588. The number of esters is 1. The molecule has 1 aromatic rings. The van der Waals surface area contributed by atoms with Crippen LogP contribution in [0.25, 0.3) is 0 Å². The normalized spacial score (nSPS) is 11.2. The van der Waals surface area contributed by atoms with Gasteiger partial charge < -0.3 is 9.64 Å². The zero-order chi connectivity index (χ0) is 15.2. The number of unbranched alkanes of at least 4 members (excludes halogenated alkanes) is 1. The Kier molecular flexibility index (Phi) is 6.05. The van der Waals surface area contributed by atoms with Crippen LogP contribution in [0.5, 0.6) is 0 Å². The molecule has 0 bridgehead atoms. The lowest BCUT2D eigenvalue weighted by molar-refractivity contribution is -0.152. The van der Waals surface area contributed by atoms with Crippen molar-refractivity contribution in [2.24, 2.45) is 0 Å². The average Bonchev–Trinajstić information content (AvgIpc) is 2.34. The molecule has 0 atom stereocenters. The van der Waals surface area contributed by atoms with Crippen molar-refractivity contribution < 1.29 is 9.53 Å². The molecule has 0 aliphatic carbocycles. The van der Waals surface area contributed by atoms with E-state index in [4.69, 9.17) is 4.74 Å². The fourth-order valence-electron chi connectivity index (χ4n) is 2.38. The average molecular weight is 277 g/mol. The first-order valence-corrected chi connectivity index (χ1v) is 7.34. The lowest BCUT2D eigenvalue weighted by atomic mass is 10.1. The topological polar surface area (TPSA) is 29.5 Å². The van der Waals surface area contributed by atoms with Crippen LogP contribution in [0.4, 0.5) is 5.69 Å². The third kappa shape index (κ3) is 5.64. The van der Waals surface area contributed by atoms with Crippen LogP contribution < -0.4 is 4.90 Å². The predicted molar refractivity (Wildman–Crippen MR) is 84.2 cm³/mol. The summed E-state index contributed by atoms with van der Waals surface area (Å²) >= 11 is 0. The molecule has 0 aliphatic heterocycles. The Balaban J connectivity index is 2.63. The summed E-state index contributed by atoms with van der Waals surface area (Å²) < 4.78 is 5.33. The van der Waals surface area contributed by atoms with Gasteiger partial charge in [-0.1, -0.05) is 25.5 Å². The van der Waals surface area contributed by atoms with Crippen LogP contribution in [-0.4, -0.2) is 25.2 Å². The highest BCUT2D eigenvalue weighted by Gasteiger charge is 2.23. The second kappa shape index (κ2) is 7.32. The first kappa shape index (κ1) is 16.5. The molecule has 0 saturated carbocycles. The summed E-state index contributed by atoms with van der Waals surface area (Å²) in [5.74, 6) is -0.238. The molecule has 0 N–H and O–H groups in total. The summed E-state index contributed by atoms with van der Waals surface area (Å²) in [5, 5.41) is 0. The molecule has 112 valence electrons. The van der Waals surface area contributed by atoms with Crippen LogP contribution >= 0.6 is 0 Å². The minimum absolute atomic E-state index is 0.238. The molecule has 20 heavy (non-hydrogen) atoms. The first-order valence-electron chi connectivity index (χ1n) is 7.34. The second-order valence-corrected chi connectivity index (χ2v) is 5.98. The van der Waals surface area contributed by atoms with E-state index < -0.39 is 5.60 Å². The van der Waals surface area contributed by atoms with E-state index in [1.54, 1.807) is 0 Å². The zero-order valence-electron chi connectivity index (χ0n) is 13.4. The number of rotatable bonds is 7. The molecule has 3 nitrogen and oxygen atoms in total. The Hall–Kier alpha value is -1.51. The molecule has 0 fully saturated rings. The van der Waals surface area contributed by atoms with Gasteiger partial charge in [-0.2, -0.15) is 0 Å². The van der Waals surface area contributed by atoms with Gasteiger partial charge in [-0.3, -0.25) is 4.79 Å². The van der Waals surface area contributed by atoms with Gasteiger partial charge in [0.15, 0.2) is 0 Å². The molecule has 0 saturated heterocycles. The van der Waals surface area contributed by atoms with Crippen molar-refractivity contribution in [3.63, 3.8) is 0 Å². The molecular formula is C17H27NO2. The van der Waals surface area contributed by atoms with E-state index in [-0.39, 0.29) is 5.97 Å². The number of hydrogen-bond donors (Lipinski definition) is 0. The number of carbonyl (C=O) groups is 1. The minimum atomic E-state index is -0.485. The molecule has 0 amide bonds. The number of ether oxygens (including phenoxy) is 1. The highest BCUT2D eigenvalue weighted by molar-refractivity contribution is 5.66. The van der Waals surface area contributed by atoms with Crippen molar-refractivity contribution >= 4 is 11.7 Å². The van der Waals surface area contributed by atoms with E-state index in [0.29, 0.717) is 6.54 Å². The van der Waals surface area contributed by atoms with Gasteiger partial charge in [-0.05, 0) is 44.4 Å². The van der Waals surface area contributed by atoms with Gasteiger partial charge in [0.05, 0.1) is 6.54 Å². The number of aryl methyl sites for hydroxylation is 1. The molecule has 0 unspecified atom stereocenters.